The maximum absolute atomic E-state index is 12.7. The molecule has 1 unspecified atom stereocenters. The summed E-state index contributed by atoms with van der Waals surface area (Å²) in [6.07, 6.45) is 3.07. The zero-order valence-corrected chi connectivity index (χ0v) is 20.4. The van der Waals surface area contributed by atoms with Crippen LogP contribution in [0.25, 0.3) is 11.3 Å². The van der Waals surface area contributed by atoms with Crippen molar-refractivity contribution in [2.24, 2.45) is 0 Å². The maximum atomic E-state index is 12.7. The number of nitriles is 1. The molecule has 188 valence electrons. The lowest BCUT2D eigenvalue weighted by Gasteiger charge is -2.19. The number of hydrogen-bond acceptors (Lipinski definition) is 7. The Morgan fingerprint density at radius 2 is 2.00 bits per heavy atom. The van der Waals surface area contributed by atoms with Crippen molar-refractivity contribution in [3.05, 3.63) is 60.6 Å². The summed E-state index contributed by atoms with van der Waals surface area (Å²) < 4.78 is 16.0. The minimum Gasteiger partial charge on any atom is -0.496 e. The zero-order chi connectivity index (χ0) is 25.9. The Morgan fingerprint density at radius 1 is 1.19 bits per heavy atom. The van der Waals surface area contributed by atoms with Gasteiger partial charge in [-0.25, -0.2) is 14.6 Å². The van der Waals surface area contributed by atoms with Crippen LogP contribution in [0.2, 0.25) is 0 Å². The van der Waals surface area contributed by atoms with Crippen LogP contribution in [0, 0.1) is 11.3 Å². The second-order valence-electron chi connectivity index (χ2n) is 8.06. The van der Waals surface area contributed by atoms with Crippen molar-refractivity contribution in [1.29, 1.82) is 5.26 Å². The smallest absolute Gasteiger partial charge is 0.407 e. The van der Waals surface area contributed by atoms with Crippen molar-refractivity contribution < 1.29 is 23.5 Å². The van der Waals surface area contributed by atoms with Gasteiger partial charge in [-0.3, -0.25) is 0 Å². The van der Waals surface area contributed by atoms with E-state index in [0.717, 1.165) is 5.56 Å². The number of nitrogens with one attached hydrogen (secondary N) is 3. The lowest BCUT2D eigenvalue weighted by Crippen LogP contribution is -2.36. The van der Waals surface area contributed by atoms with E-state index >= 15 is 0 Å². The van der Waals surface area contributed by atoms with Crippen LogP contribution in [0.15, 0.2) is 59.5 Å². The van der Waals surface area contributed by atoms with E-state index in [1.807, 2.05) is 38.1 Å². The van der Waals surface area contributed by atoms with Gasteiger partial charge in [0, 0.05) is 23.5 Å². The first-order chi connectivity index (χ1) is 17.4. The second-order valence-corrected chi connectivity index (χ2v) is 8.06. The van der Waals surface area contributed by atoms with E-state index in [9.17, 15) is 9.59 Å². The zero-order valence-electron chi connectivity index (χ0n) is 20.4. The monoisotopic (exact) mass is 491 g/mol. The van der Waals surface area contributed by atoms with Crippen molar-refractivity contribution >= 4 is 23.5 Å². The molecule has 0 aliphatic heterocycles. The van der Waals surface area contributed by atoms with Crippen LogP contribution in [0.3, 0.4) is 0 Å². The van der Waals surface area contributed by atoms with Crippen LogP contribution >= 0.6 is 0 Å². The number of methoxy groups -OCH3 is 1. The van der Waals surface area contributed by atoms with Gasteiger partial charge in [0.1, 0.15) is 11.9 Å². The number of nitrogens with zero attached hydrogens (tertiary/aromatic N) is 2. The molecule has 3 rings (SSSR count). The summed E-state index contributed by atoms with van der Waals surface area (Å²) in [4.78, 5) is 28.8. The van der Waals surface area contributed by atoms with Gasteiger partial charge in [-0.1, -0.05) is 25.1 Å². The molecule has 0 spiro atoms. The third-order valence-corrected chi connectivity index (χ3v) is 5.36. The molecule has 10 heteroatoms. The quantitative estimate of drug-likeness (QED) is 0.348. The molecule has 2 atom stereocenters. The molecular formula is C26H29N5O5. The van der Waals surface area contributed by atoms with Crippen molar-refractivity contribution in [3.8, 4) is 23.1 Å². The number of amides is 3. The van der Waals surface area contributed by atoms with Crippen molar-refractivity contribution in [1.82, 2.24) is 10.3 Å². The highest BCUT2D eigenvalue weighted by Gasteiger charge is 2.17. The number of alkyl carbamates (subject to hydrolysis) is 1. The summed E-state index contributed by atoms with van der Waals surface area (Å²) in [5, 5.41) is 17.2. The summed E-state index contributed by atoms with van der Waals surface area (Å²) >= 11 is 0. The highest BCUT2D eigenvalue weighted by Crippen LogP contribution is 2.32. The molecule has 0 saturated heterocycles. The first kappa shape index (κ1) is 26.1. The van der Waals surface area contributed by atoms with Gasteiger partial charge in [0.25, 0.3) is 0 Å². The number of ether oxygens (including phenoxy) is 2. The molecule has 0 bridgehead atoms. The fraction of sp³-hybridized carbons (Fsp3) is 0.308. The van der Waals surface area contributed by atoms with Crippen molar-refractivity contribution in [2.45, 2.75) is 45.3 Å². The predicted molar refractivity (Wildman–Crippen MR) is 135 cm³/mol. The van der Waals surface area contributed by atoms with Crippen LogP contribution < -0.4 is 20.7 Å². The number of para-hydroxylation sites is 1. The number of hydrogen-bond donors (Lipinski definition) is 3. The minimum atomic E-state index is -0.574. The molecule has 0 radical (unpaired) electrons. The molecule has 10 nitrogen and oxygen atoms in total. The number of aromatic nitrogens is 1. The highest BCUT2D eigenvalue weighted by atomic mass is 16.6. The van der Waals surface area contributed by atoms with E-state index in [4.69, 9.17) is 19.2 Å². The topological polar surface area (TPSA) is 139 Å². The largest absolute Gasteiger partial charge is 0.496 e. The number of benzene rings is 2. The standard InChI is InChI=1S/C26H29N5O5/c1-4-20(11-12-27)36-26(33)29-17(2)13-18-7-5-6-8-22(18)31-25(32)30-19-9-10-21(23(14-19)34-3)24-15-28-16-35-24/h5-10,14-17,20H,4,11,13H2,1-3H3,(H,29,33)(H2,30,31,32)/t17-,20?/m1/s1. The molecule has 3 N–H and O–H groups in total. The van der Waals surface area contributed by atoms with Gasteiger partial charge >= 0.3 is 12.1 Å². The summed E-state index contributed by atoms with van der Waals surface area (Å²) in [5.41, 5.74) is 2.69. The van der Waals surface area contributed by atoms with Gasteiger partial charge in [-0.2, -0.15) is 5.26 Å². The normalized spacial score (nSPS) is 12.1. The van der Waals surface area contributed by atoms with Gasteiger partial charge < -0.3 is 29.8 Å². The van der Waals surface area contributed by atoms with Gasteiger partial charge in [-0.05, 0) is 43.5 Å². The van der Waals surface area contributed by atoms with E-state index < -0.39 is 18.2 Å². The van der Waals surface area contributed by atoms with Gasteiger partial charge in [0.15, 0.2) is 12.2 Å². The summed E-state index contributed by atoms with van der Waals surface area (Å²) in [7, 11) is 1.53. The average Bonchev–Trinajstić information content (AvgIpc) is 3.39. The number of carbonyl (C=O) groups excluding carboxylic acids is 2. The number of anilines is 2. The summed E-state index contributed by atoms with van der Waals surface area (Å²) in [6.45, 7) is 3.69. The summed E-state index contributed by atoms with van der Waals surface area (Å²) in [6, 6.07) is 13.8. The van der Waals surface area contributed by atoms with Gasteiger partial charge in [0.05, 0.1) is 31.4 Å². The van der Waals surface area contributed by atoms with Crippen LogP contribution in [0.1, 0.15) is 32.3 Å². The highest BCUT2D eigenvalue weighted by molar-refractivity contribution is 6.00. The molecule has 0 aliphatic carbocycles. The third-order valence-electron chi connectivity index (χ3n) is 5.36. The Morgan fingerprint density at radius 3 is 2.69 bits per heavy atom. The fourth-order valence-corrected chi connectivity index (χ4v) is 3.56. The van der Waals surface area contributed by atoms with Crippen LogP contribution in [-0.4, -0.2) is 36.4 Å². The van der Waals surface area contributed by atoms with Gasteiger partial charge in [0.2, 0.25) is 0 Å². The molecule has 0 aliphatic rings. The first-order valence-corrected chi connectivity index (χ1v) is 11.5. The molecule has 2 aromatic carbocycles. The second kappa shape index (κ2) is 12.8. The molecular weight excluding hydrogens is 462 g/mol. The molecule has 0 saturated carbocycles. The Bertz CT molecular complexity index is 1210. The lowest BCUT2D eigenvalue weighted by atomic mass is 10.1. The molecule has 3 aromatic rings. The van der Waals surface area contributed by atoms with Crippen LogP contribution in [0.5, 0.6) is 5.75 Å². The number of rotatable bonds is 10. The van der Waals surface area contributed by atoms with E-state index in [2.05, 4.69) is 20.9 Å². The van der Waals surface area contributed by atoms with E-state index in [1.54, 1.807) is 30.5 Å². The average molecular weight is 492 g/mol. The number of oxazole rings is 1. The Hall–Kier alpha value is -4.52. The molecule has 36 heavy (non-hydrogen) atoms. The molecule has 0 fully saturated rings. The molecule has 1 heterocycles. The van der Waals surface area contributed by atoms with E-state index in [-0.39, 0.29) is 12.5 Å². The van der Waals surface area contributed by atoms with Gasteiger partial charge in [-0.15, -0.1) is 0 Å². The predicted octanol–water partition coefficient (Wildman–Crippen LogP) is 5.34. The van der Waals surface area contributed by atoms with Crippen LogP contribution in [0.4, 0.5) is 21.0 Å². The minimum absolute atomic E-state index is 0.148. The lowest BCUT2D eigenvalue weighted by molar-refractivity contribution is 0.0950. The molecule has 3 amide bonds. The molecule has 1 aromatic heterocycles. The third kappa shape index (κ3) is 7.24. The SMILES string of the molecule is CCC(CC#N)OC(=O)N[C@H](C)Cc1ccccc1NC(=O)Nc1ccc(-c2cnco2)c(OC)c1. The Kier molecular flexibility index (Phi) is 9.28. The summed E-state index contributed by atoms with van der Waals surface area (Å²) in [5.74, 6) is 1.08. The first-order valence-electron chi connectivity index (χ1n) is 11.5. The fourth-order valence-electron chi connectivity index (χ4n) is 3.56. The van der Waals surface area contributed by atoms with E-state index in [1.165, 1.54) is 13.5 Å². The van der Waals surface area contributed by atoms with E-state index in [0.29, 0.717) is 41.3 Å². The van der Waals surface area contributed by atoms with Crippen LogP contribution in [-0.2, 0) is 11.2 Å². The Balaban J connectivity index is 1.61. The number of carbonyl (C=O) groups is 2. The Labute approximate surface area is 209 Å². The van der Waals surface area contributed by atoms with Crippen molar-refractivity contribution in [3.63, 3.8) is 0 Å². The number of urea groups is 1. The van der Waals surface area contributed by atoms with Crippen molar-refractivity contribution in [2.75, 3.05) is 17.7 Å². The maximum Gasteiger partial charge on any atom is 0.407 e.